The molecule has 2 amide bonds. The van der Waals surface area contributed by atoms with Crippen molar-refractivity contribution in [3.8, 4) is 0 Å². The number of carbonyl (C=O) groups is 2. The van der Waals surface area contributed by atoms with Gasteiger partial charge < -0.3 is 20.4 Å². The predicted molar refractivity (Wildman–Crippen MR) is 69.2 cm³/mol. The molecular weight excluding hydrogens is 267 g/mol. The number of rotatable bonds is 2. The lowest BCUT2D eigenvalue weighted by atomic mass is 10.1. The first-order chi connectivity index (χ1) is 9.47. The summed E-state index contributed by atoms with van der Waals surface area (Å²) in [6, 6.07) is 2.61. The number of nitrogens with zero attached hydrogens (tertiary/aromatic N) is 1. The van der Waals surface area contributed by atoms with Gasteiger partial charge in [0.25, 0.3) is 0 Å². The molecule has 7 heteroatoms. The topological polar surface area (TPSA) is 89.9 Å². The van der Waals surface area contributed by atoms with Crippen LogP contribution in [0.4, 0.5) is 14.9 Å². The van der Waals surface area contributed by atoms with Crippen LogP contribution in [0.2, 0.25) is 0 Å². The third-order valence-corrected chi connectivity index (χ3v) is 3.21. The fourth-order valence-corrected chi connectivity index (χ4v) is 2.07. The number of hydrogen-bond donors (Lipinski definition) is 3. The van der Waals surface area contributed by atoms with Crippen molar-refractivity contribution in [2.45, 2.75) is 18.9 Å². The number of aliphatic hydroxyl groups is 1. The molecule has 1 aromatic carbocycles. The first-order valence-corrected chi connectivity index (χ1v) is 6.24. The summed E-state index contributed by atoms with van der Waals surface area (Å²) in [6.45, 7) is 0.759. The minimum atomic E-state index is -1.24. The van der Waals surface area contributed by atoms with Crippen LogP contribution in [-0.4, -0.2) is 46.3 Å². The number of aromatic carboxylic acids is 1. The van der Waals surface area contributed by atoms with E-state index in [2.05, 4.69) is 5.32 Å². The molecule has 0 aliphatic carbocycles. The molecule has 0 unspecified atom stereocenters. The summed E-state index contributed by atoms with van der Waals surface area (Å²) in [5.41, 5.74) is -0.245. The maximum absolute atomic E-state index is 13.2. The van der Waals surface area contributed by atoms with Crippen molar-refractivity contribution in [1.29, 1.82) is 0 Å². The molecule has 3 N–H and O–H groups in total. The molecule has 1 aliphatic rings. The van der Waals surface area contributed by atoms with Crippen LogP contribution in [0.25, 0.3) is 0 Å². The van der Waals surface area contributed by atoms with E-state index in [1.165, 1.54) is 4.90 Å². The van der Waals surface area contributed by atoms with Crippen LogP contribution in [-0.2, 0) is 0 Å². The molecule has 1 heterocycles. The van der Waals surface area contributed by atoms with Gasteiger partial charge in [0.1, 0.15) is 5.82 Å². The van der Waals surface area contributed by atoms with E-state index in [1.54, 1.807) is 0 Å². The second-order valence-electron chi connectivity index (χ2n) is 4.64. The summed E-state index contributed by atoms with van der Waals surface area (Å²) in [6.07, 6.45) is 0.535. The van der Waals surface area contributed by atoms with Crippen LogP contribution in [0.15, 0.2) is 18.2 Å². The molecule has 2 rings (SSSR count). The van der Waals surface area contributed by atoms with Crippen LogP contribution >= 0.6 is 0 Å². The molecule has 1 fully saturated rings. The Morgan fingerprint density at radius 3 is 2.55 bits per heavy atom. The highest BCUT2D eigenvalue weighted by atomic mass is 19.1. The number of carbonyl (C=O) groups excluding carboxylic acids is 1. The first-order valence-electron chi connectivity index (χ1n) is 6.24. The van der Waals surface area contributed by atoms with Crippen molar-refractivity contribution in [1.82, 2.24) is 4.90 Å². The van der Waals surface area contributed by atoms with Crippen molar-refractivity contribution < 1.29 is 24.2 Å². The summed E-state index contributed by atoms with van der Waals surface area (Å²) < 4.78 is 13.2. The number of likely N-dealkylation sites (tertiary alicyclic amines) is 1. The van der Waals surface area contributed by atoms with Gasteiger partial charge in [-0.1, -0.05) is 0 Å². The summed E-state index contributed by atoms with van der Waals surface area (Å²) in [5.74, 6) is -1.87. The SMILES string of the molecule is O=C(O)c1ccc(F)cc1NC(=O)N1CCC(O)CC1. The highest BCUT2D eigenvalue weighted by Crippen LogP contribution is 2.19. The zero-order chi connectivity index (χ0) is 14.7. The number of anilines is 1. The van der Waals surface area contributed by atoms with Crippen LogP contribution in [0, 0.1) is 5.82 Å². The maximum atomic E-state index is 13.2. The van der Waals surface area contributed by atoms with E-state index in [-0.39, 0.29) is 11.3 Å². The number of aliphatic hydroxyl groups excluding tert-OH is 1. The Hall–Kier alpha value is -2.15. The van der Waals surface area contributed by atoms with Gasteiger partial charge in [-0.25, -0.2) is 14.0 Å². The fraction of sp³-hybridized carbons (Fsp3) is 0.385. The van der Waals surface area contributed by atoms with Crippen molar-refractivity contribution in [2.24, 2.45) is 0 Å². The lowest BCUT2D eigenvalue weighted by Gasteiger charge is -2.29. The van der Waals surface area contributed by atoms with Crippen molar-refractivity contribution >= 4 is 17.7 Å². The lowest BCUT2D eigenvalue weighted by molar-refractivity contribution is 0.0698. The number of halogens is 1. The lowest BCUT2D eigenvalue weighted by Crippen LogP contribution is -2.42. The van der Waals surface area contributed by atoms with Crippen LogP contribution < -0.4 is 5.32 Å². The van der Waals surface area contributed by atoms with Crippen molar-refractivity contribution in [3.63, 3.8) is 0 Å². The number of hydrogen-bond acceptors (Lipinski definition) is 3. The summed E-state index contributed by atoms with van der Waals surface area (Å²) in [4.78, 5) is 24.5. The fourth-order valence-electron chi connectivity index (χ4n) is 2.07. The molecular formula is C13H15FN2O4. The van der Waals surface area contributed by atoms with E-state index in [9.17, 15) is 19.1 Å². The minimum Gasteiger partial charge on any atom is -0.478 e. The molecule has 0 bridgehead atoms. The van der Waals surface area contributed by atoms with Gasteiger partial charge in [0.05, 0.1) is 17.4 Å². The van der Waals surface area contributed by atoms with Gasteiger partial charge in [-0.05, 0) is 31.0 Å². The van der Waals surface area contributed by atoms with Gasteiger partial charge in [0, 0.05) is 13.1 Å². The average molecular weight is 282 g/mol. The number of nitrogens with one attached hydrogen (secondary N) is 1. The average Bonchev–Trinajstić information content (AvgIpc) is 2.39. The molecule has 20 heavy (non-hydrogen) atoms. The van der Waals surface area contributed by atoms with Crippen LogP contribution in [0.3, 0.4) is 0 Å². The first kappa shape index (κ1) is 14.3. The van der Waals surface area contributed by atoms with E-state index in [4.69, 9.17) is 5.11 Å². The van der Waals surface area contributed by atoms with Gasteiger partial charge >= 0.3 is 12.0 Å². The molecule has 0 atom stereocenters. The third-order valence-electron chi connectivity index (χ3n) is 3.21. The zero-order valence-corrected chi connectivity index (χ0v) is 10.7. The molecule has 1 aliphatic heterocycles. The number of carboxylic acid groups (broad SMARTS) is 1. The van der Waals surface area contributed by atoms with Gasteiger partial charge in [-0.2, -0.15) is 0 Å². The molecule has 1 aromatic rings. The van der Waals surface area contributed by atoms with E-state index >= 15 is 0 Å². The number of carboxylic acids is 1. The Bertz CT molecular complexity index is 527. The van der Waals surface area contributed by atoms with Gasteiger partial charge in [-0.15, -0.1) is 0 Å². The van der Waals surface area contributed by atoms with Crippen molar-refractivity contribution in [2.75, 3.05) is 18.4 Å². The number of amides is 2. The van der Waals surface area contributed by atoms with Gasteiger partial charge in [-0.3, -0.25) is 0 Å². The predicted octanol–water partition coefficient (Wildman–Crippen LogP) is 1.51. The third kappa shape index (κ3) is 3.24. The van der Waals surface area contributed by atoms with Crippen molar-refractivity contribution in [3.05, 3.63) is 29.6 Å². The molecule has 0 spiro atoms. The molecule has 6 nitrogen and oxygen atoms in total. The minimum absolute atomic E-state index is 0.0754. The summed E-state index contributed by atoms with van der Waals surface area (Å²) in [7, 11) is 0. The van der Waals surface area contributed by atoms with E-state index in [1.807, 2.05) is 0 Å². The number of urea groups is 1. The zero-order valence-electron chi connectivity index (χ0n) is 10.7. The second-order valence-corrected chi connectivity index (χ2v) is 4.64. The highest BCUT2D eigenvalue weighted by Gasteiger charge is 2.22. The number of piperidine rings is 1. The Morgan fingerprint density at radius 2 is 1.95 bits per heavy atom. The maximum Gasteiger partial charge on any atom is 0.337 e. The van der Waals surface area contributed by atoms with Crippen LogP contribution in [0.5, 0.6) is 0 Å². The smallest absolute Gasteiger partial charge is 0.337 e. The molecule has 0 aromatic heterocycles. The van der Waals surface area contributed by atoms with Gasteiger partial charge in [0.2, 0.25) is 0 Å². The largest absolute Gasteiger partial charge is 0.478 e. The Balaban J connectivity index is 2.11. The standard InChI is InChI=1S/C13H15FN2O4/c14-8-1-2-10(12(18)19)11(7-8)15-13(20)16-5-3-9(17)4-6-16/h1-2,7,9,17H,3-6H2,(H,15,20)(H,18,19). The molecule has 0 radical (unpaired) electrons. The molecule has 0 saturated carbocycles. The monoisotopic (exact) mass is 282 g/mol. The van der Waals surface area contributed by atoms with Gasteiger partial charge in [0.15, 0.2) is 0 Å². The highest BCUT2D eigenvalue weighted by molar-refractivity contribution is 6.00. The van der Waals surface area contributed by atoms with E-state index in [0.29, 0.717) is 25.9 Å². The summed E-state index contributed by atoms with van der Waals surface area (Å²) >= 11 is 0. The van der Waals surface area contributed by atoms with Crippen LogP contribution in [0.1, 0.15) is 23.2 Å². The van der Waals surface area contributed by atoms with E-state index in [0.717, 1.165) is 18.2 Å². The molecule has 1 saturated heterocycles. The quantitative estimate of drug-likeness (QED) is 0.767. The second kappa shape index (κ2) is 5.87. The summed E-state index contributed by atoms with van der Waals surface area (Å²) in [5, 5.41) is 20.8. The molecule has 108 valence electrons. The Morgan fingerprint density at radius 1 is 1.30 bits per heavy atom. The normalized spacial score (nSPS) is 16.0. The number of benzene rings is 1. The Kier molecular flexibility index (Phi) is 4.19. The van der Waals surface area contributed by atoms with E-state index < -0.39 is 23.9 Å². The Labute approximate surface area is 114 Å².